The van der Waals surface area contributed by atoms with E-state index in [0.717, 1.165) is 6.07 Å². The molecule has 0 heterocycles. The van der Waals surface area contributed by atoms with E-state index in [4.69, 9.17) is 16.7 Å². The van der Waals surface area contributed by atoms with Crippen molar-refractivity contribution in [3.63, 3.8) is 0 Å². The van der Waals surface area contributed by atoms with Gasteiger partial charge in [-0.05, 0) is 55.0 Å². The second-order valence-electron chi connectivity index (χ2n) is 5.23. The zero-order valence-electron chi connectivity index (χ0n) is 13.8. The molecule has 0 atom stereocenters. The lowest BCUT2D eigenvalue weighted by Gasteiger charge is -2.07. The fourth-order valence-electron chi connectivity index (χ4n) is 2.00. The minimum Gasteiger partial charge on any atom is -0.435 e. The third kappa shape index (κ3) is 5.71. The third-order valence-electron chi connectivity index (χ3n) is 3.32. The maximum absolute atomic E-state index is 12.1. The van der Waals surface area contributed by atoms with Crippen molar-refractivity contribution in [2.24, 2.45) is 10.2 Å². The fraction of sp³-hybridized carbons (Fsp3) is 0.125. The van der Waals surface area contributed by atoms with Crippen LogP contribution >= 0.6 is 11.6 Å². The first-order chi connectivity index (χ1) is 12.6. The number of alkyl halides is 2. The Labute approximate surface area is 158 Å². The largest absolute Gasteiger partial charge is 0.435 e. The second-order valence-corrected chi connectivity index (χ2v) is 7.17. The summed E-state index contributed by atoms with van der Waals surface area (Å²) in [5.74, 6) is -0.698. The van der Waals surface area contributed by atoms with Crippen LogP contribution in [0.1, 0.15) is 22.8 Å². The summed E-state index contributed by atoms with van der Waals surface area (Å²) in [6.07, 6.45) is 0. The van der Waals surface area contributed by atoms with Crippen molar-refractivity contribution >= 4 is 33.2 Å². The first-order valence-corrected chi connectivity index (χ1v) is 9.22. The summed E-state index contributed by atoms with van der Waals surface area (Å²) in [5, 5.41) is 8.82. The van der Waals surface area contributed by atoms with Gasteiger partial charge in [0.1, 0.15) is 10.6 Å². The van der Waals surface area contributed by atoms with Crippen molar-refractivity contribution < 1.29 is 26.7 Å². The highest BCUT2D eigenvalue weighted by atomic mass is 35.5. The van der Waals surface area contributed by atoms with Crippen LogP contribution in [-0.2, 0) is 10.0 Å². The maximum atomic E-state index is 12.1. The predicted octanol–water partition coefficient (Wildman–Crippen LogP) is 2.74. The van der Waals surface area contributed by atoms with Crippen LogP contribution in [-0.4, -0.2) is 26.6 Å². The van der Waals surface area contributed by atoms with E-state index >= 15 is 0 Å². The summed E-state index contributed by atoms with van der Waals surface area (Å²) in [7, 11) is -4.09. The van der Waals surface area contributed by atoms with Crippen molar-refractivity contribution in [1.82, 2.24) is 5.43 Å². The Morgan fingerprint density at radius 2 is 1.78 bits per heavy atom. The number of hydrogen-bond acceptors (Lipinski definition) is 5. The van der Waals surface area contributed by atoms with Gasteiger partial charge in [0.15, 0.2) is 0 Å². The zero-order chi connectivity index (χ0) is 20.2. The smallest absolute Gasteiger partial charge is 0.387 e. The lowest BCUT2D eigenvalue weighted by atomic mass is 10.1. The minimum absolute atomic E-state index is 0.0118. The van der Waals surface area contributed by atoms with Gasteiger partial charge in [0.05, 0.1) is 10.7 Å². The summed E-state index contributed by atoms with van der Waals surface area (Å²) < 4.78 is 51.4. The number of hydrazone groups is 1. The Bertz CT molecular complexity index is 980. The Balaban J connectivity index is 2.14. The van der Waals surface area contributed by atoms with Gasteiger partial charge in [-0.15, -0.1) is 0 Å². The number of sulfonamides is 1. The van der Waals surface area contributed by atoms with Crippen molar-refractivity contribution in [2.75, 3.05) is 0 Å². The summed E-state index contributed by atoms with van der Waals surface area (Å²) in [6.45, 7) is -1.34. The molecule has 0 aliphatic heterocycles. The Kier molecular flexibility index (Phi) is 6.47. The molecule has 0 aliphatic rings. The average Bonchev–Trinajstić information content (AvgIpc) is 2.59. The van der Waals surface area contributed by atoms with Crippen LogP contribution in [0.4, 0.5) is 8.78 Å². The molecule has 3 N–H and O–H groups in total. The molecule has 144 valence electrons. The van der Waals surface area contributed by atoms with E-state index in [-0.39, 0.29) is 21.2 Å². The molecule has 0 aliphatic carbocycles. The molecule has 2 aromatic carbocycles. The van der Waals surface area contributed by atoms with Gasteiger partial charge in [-0.3, -0.25) is 4.79 Å². The zero-order valence-corrected chi connectivity index (χ0v) is 15.4. The van der Waals surface area contributed by atoms with Crippen molar-refractivity contribution in [3.8, 4) is 5.75 Å². The summed E-state index contributed by atoms with van der Waals surface area (Å²) >= 11 is 5.76. The maximum Gasteiger partial charge on any atom is 0.387 e. The topological polar surface area (TPSA) is 111 Å². The van der Waals surface area contributed by atoms with Gasteiger partial charge in [0.25, 0.3) is 5.91 Å². The van der Waals surface area contributed by atoms with E-state index in [1.165, 1.54) is 36.4 Å². The van der Waals surface area contributed by atoms with Gasteiger partial charge in [0.2, 0.25) is 10.0 Å². The molecule has 2 rings (SSSR count). The van der Waals surface area contributed by atoms with E-state index in [1.807, 2.05) is 0 Å². The first-order valence-electron chi connectivity index (χ1n) is 7.30. The number of nitrogens with zero attached hydrogens (tertiary/aromatic N) is 1. The van der Waals surface area contributed by atoms with Gasteiger partial charge in [-0.25, -0.2) is 19.0 Å². The summed E-state index contributed by atoms with van der Waals surface area (Å²) in [4.78, 5) is 11.8. The van der Waals surface area contributed by atoms with Gasteiger partial charge >= 0.3 is 6.61 Å². The van der Waals surface area contributed by atoms with Crippen molar-refractivity contribution in [2.45, 2.75) is 18.4 Å². The van der Waals surface area contributed by atoms with Crippen LogP contribution < -0.4 is 15.3 Å². The van der Waals surface area contributed by atoms with Crippen LogP contribution in [0.3, 0.4) is 0 Å². The fourth-order valence-corrected chi connectivity index (χ4v) is 3.08. The van der Waals surface area contributed by atoms with Gasteiger partial charge < -0.3 is 4.74 Å². The van der Waals surface area contributed by atoms with E-state index in [1.54, 1.807) is 6.92 Å². The number of nitrogens with one attached hydrogen (secondary N) is 1. The quantitative estimate of drug-likeness (QED) is 0.556. The minimum atomic E-state index is -4.09. The molecule has 27 heavy (non-hydrogen) atoms. The summed E-state index contributed by atoms with van der Waals surface area (Å²) in [5.41, 5.74) is 3.18. The molecule has 0 spiro atoms. The number of benzene rings is 2. The molecule has 0 unspecified atom stereocenters. The van der Waals surface area contributed by atoms with Gasteiger partial charge in [-0.2, -0.15) is 13.9 Å². The molecule has 0 aromatic heterocycles. The summed E-state index contributed by atoms with van der Waals surface area (Å²) in [6, 6.07) is 9.23. The molecule has 0 bridgehead atoms. The molecule has 2 aromatic rings. The Hall–Kier alpha value is -2.56. The molecule has 0 saturated heterocycles. The highest BCUT2D eigenvalue weighted by Gasteiger charge is 2.16. The number of hydrogen-bond donors (Lipinski definition) is 2. The molecular formula is C16H14ClF2N3O4S. The van der Waals surface area contributed by atoms with Crippen LogP contribution in [0.15, 0.2) is 52.5 Å². The number of nitrogens with two attached hydrogens (primary N) is 1. The van der Waals surface area contributed by atoms with Crippen LogP contribution in [0.25, 0.3) is 0 Å². The molecule has 0 fully saturated rings. The lowest BCUT2D eigenvalue weighted by molar-refractivity contribution is -0.0498. The predicted molar refractivity (Wildman–Crippen MR) is 95.6 cm³/mol. The Morgan fingerprint density at radius 3 is 2.33 bits per heavy atom. The number of primary sulfonamides is 1. The lowest BCUT2D eigenvalue weighted by Crippen LogP contribution is -2.20. The van der Waals surface area contributed by atoms with Gasteiger partial charge in [-0.1, -0.05) is 11.6 Å². The highest BCUT2D eigenvalue weighted by Crippen LogP contribution is 2.21. The molecule has 1 amide bonds. The second kappa shape index (κ2) is 8.42. The highest BCUT2D eigenvalue weighted by molar-refractivity contribution is 7.89. The van der Waals surface area contributed by atoms with E-state index in [2.05, 4.69) is 15.3 Å². The normalized spacial score (nSPS) is 12.1. The average molecular weight is 418 g/mol. The van der Waals surface area contributed by atoms with Crippen LogP contribution in [0.2, 0.25) is 5.02 Å². The van der Waals surface area contributed by atoms with Crippen molar-refractivity contribution in [3.05, 3.63) is 58.6 Å². The van der Waals surface area contributed by atoms with Crippen molar-refractivity contribution in [1.29, 1.82) is 0 Å². The molecule has 11 heteroatoms. The van der Waals surface area contributed by atoms with Gasteiger partial charge in [0, 0.05) is 5.56 Å². The Morgan fingerprint density at radius 1 is 1.19 bits per heavy atom. The number of carbonyl (C=O) groups is 1. The van der Waals surface area contributed by atoms with Crippen LogP contribution in [0, 0.1) is 0 Å². The number of carbonyl (C=O) groups excluding carboxylic acids is 1. The number of halogens is 3. The van der Waals surface area contributed by atoms with E-state index in [9.17, 15) is 22.0 Å². The number of amides is 1. The first kappa shape index (κ1) is 20.7. The molecule has 0 saturated carbocycles. The van der Waals surface area contributed by atoms with E-state index < -0.39 is 22.5 Å². The molecular weight excluding hydrogens is 404 g/mol. The molecule has 0 radical (unpaired) electrons. The SMILES string of the molecule is C/C(=N/NC(=O)c1ccc(Cl)c(S(N)(=O)=O)c1)c1ccc(OC(F)F)cc1. The standard InChI is InChI=1S/C16H14ClF2N3O4S/c1-9(10-2-5-12(6-3-10)26-16(18)19)21-22-15(23)11-4-7-13(17)14(8-11)27(20,24)25/h2-8,16H,1H3,(H,22,23)(H2,20,24,25)/b21-9-. The monoisotopic (exact) mass is 417 g/mol. The van der Waals surface area contributed by atoms with E-state index in [0.29, 0.717) is 11.3 Å². The molecule has 7 nitrogen and oxygen atoms in total. The van der Waals surface area contributed by atoms with Crippen LogP contribution in [0.5, 0.6) is 5.75 Å². The third-order valence-corrected chi connectivity index (χ3v) is 4.71. The number of rotatable bonds is 6. The number of ether oxygens (including phenoxy) is 1.